The Labute approximate surface area is 100 Å². The van der Waals surface area contributed by atoms with Crippen molar-refractivity contribution in [1.82, 2.24) is 0 Å². The van der Waals surface area contributed by atoms with Gasteiger partial charge in [0.15, 0.2) is 0 Å². The van der Waals surface area contributed by atoms with E-state index in [0.29, 0.717) is 0 Å². The van der Waals surface area contributed by atoms with Gasteiger partial charge in [0.2, 0.25) is 0 Å². The fourth-order valence-corrected chi connectivity index (χ4v) is 2.45. The highest BCUT2D eigenvalue weighted by Gasteiger charge is 2.33. The number of rotatable bonds is 9. The molecule has 0 aliphatic rings. The predicted octanol–water partition coefficient (Wildman–Crippen LogP) is 3.63. The third-order valence-corrected chi connectivity index (χ3v) is 3.49. The van der Waals surface area contributed by atoms with Gasteiger partial charge in [-0.25, -0.2) is 4.79 Å². The fraction of sp³-hybridized carbons (Fsp3) is 0.857. The maximum absolute atomic E-state index is 10.5. The van der Waals surface area contributed by atoms with Crippen LogP contribution in [0.25, 0.3) is 0 Å². The Morgan fingerprint density at radius 2 is 2.00 bits per heavy atom. The van der Waals surface area contributed by atoms with Gasteiger partial charge in [-0.15, -0.1) is 0 Å². The molecule has 0 saturated heterocycles. The minimum Gasteiger partial charge on any atom is -0.384 e. The molecule has 0 saturated carbocycles. The molecule has 16 heavy (non-hydrogen) atoms. The number of allylic oxidation sites excluding steroid dienone is 1. The number of carbonyl (C=O) groups excluding carboxylic acids is 1. The first-order valence-corrected chi connectivity index (χ1v) is 6.36. The van der Waals surface area contributed by atoms with Crippen LogP contribution in [0.4, 0.5) is 0 Å². The van der Waals surface area contributed by atoms with Crippen LogP contribution in [-0.2, 0) is 9.53 Å². The molecule has 2 heteroatoms. The van der Waals surface area contributed by atoms with Crippen LogP contribution in [0.3, 0.4) is 0 Å². The van der Waals surface area contributed by atoms with Crippen molar-refractivity contribution in [3.05, 3.63) is 6.08 Å². The van der Waals surface area contributed by atoms with E-state index in [1.165, 1.54) is 12.8 Å². The van der Waals surface area contributed by atoms with Gasteiger partial charge >= 0.3 is 0 Å². The normalized spacial score (nSPS) is 16.2. The van der Waals surface area contributed by atoms with Gasteiger partial charge in [-0.3, -0.25) is 0 Å². The summed E-state index contributed by atoms with van der Waals surface area (Å²) in [5.74, 6) is 2.18. The smallest absolute Gasteiger partial charge is 0.120 e. The highest BCUT2D eigenvalue weighted by atomic mass is 16.5. The number of hydrogen-bond donors (Lipinski definition) is 0. The number of hydrogen-bond acceptors (Lipinski definition) is 2. The van der Waals surface area contributed by atoms with Crippen LogP contribution in [0.15, 0.2) is 6.08 Å². The molecule has 0 fully saturated rings. The monoisotopic (exact) mass is 226 g/mol. The lowest BCUT2D eigenvalue weighted by Gasteiger charge is -2.37. The van der Waals surface area contributed by atoms with Crippen molar-refractivity contribution in [2.45, 2.75) is 52.9 Å². The Hall–Kier alpha value is -0.590. The molecule has 0 aromatic heterocycles. The molecule has 0 aliphatic heterocycles. The highest BCUT2D eigenvalue weighted by molar-refractivity contribution is 5.45. The van der Waals surface area contributed by atoms with Crippen LogP contribution in [0, 0.1) is 11.3 Å². The van der Waals surface area contributed by atoms with Gasteiger partial charge in [0, 0.05) is 18.6 Å². The number of ether oxygens (including phenoxy) is 1. The van der Waals surface area contributed by atoms with Crippen molar-refractivity contribution in [2.24, 2.45) is 11.3 Å². The average Bonchev–Trinajstić information content (AvgIpc) is 2.27. The Morgan fingerprint density at radius 3 is 2.44 bits per heavy atom. The Balaban J connectivity index is 4.81. The lowest BCUT2D eigenvalue weighted by atomic mass is 9.70. The van der Waals surface area contributed by atoms with Crippen LogP contribution in [-0.4, -0.2) is 19.7 Å². The third-order valence-electron chi connectivity index (χ3n) is 3.49. The average molecular weight is 226 g/mol. The largest absolute Gasteiger partial charge is 0.384 e. The van der Waals surface area contributed by atoms with Crippen LogP contribution in [0.1, 0.15) is 52.9 Å². The fourth-order valence-electron chi connectivity index (χ4n) is 2.45. The van der Waals surface area contributed by atoms with Gasteiger partial charge in [-0.05, 0) is 18.8 Å². The summed E-state index contributed by atoms with van der Waals surface area (Å²) in [6.45, 7) is 7.23. The summed E-state index contributed by atoms with van der Waals surface area (Å²) in [5.41, 5.74) is 0.122. The maximum Gasteiger partial charge on any atom is 0.120 e. The van der Waals surface area contributed by atoms with Gasteiger partial charge in [0.05, 0.1) is 6.61 Å². The van der Waals surface area contributed by atoms with Crippen molar-refractivity contribution in [3.63, 3.8) is 0 Å². The van der Waals surface area contributed by atoms with E-state index in [2.05, 4.69) is 20.8 Å². The second-order valence-electron chi connectivity index (χ2n) is 4.72. The Morgan fingerprint density at radius 1 is 1.31 bits per heavy atom. The summed E-state index contributed by atoms with van der Waals surface area (Å²) >= 11 is 0. The summed E-state index contributed by atoms with van der Waals surface area (Å²) in [6.07, 6.45) is 7.41. The molecular formula is C14H26O2. The zero-order valence-corrected chi connectivity index (χ0v) is 11.2. The van der Waals surface area contributed by atoms with E-state index in [0.717, 1.165) is 25.9 Å². The van der Waals surface area contributed by atoms with Gasteiger partial charge in [-0.2, -0.15) is 0 Å². The van der Waals surface area contributed by atoms with E-state index in [-0.39, 0.29) is 11.3 Å². The molecule has 0 bridgehead atoms. The highest BCUT2D eigenvalue weighted by Crippen LogP contribution is 2.39. The van der Waals surface area contributed by atoms with Crippen molar-refractivity contribution in [3.8, 4) is 0 Å². The molecule has 2 unspecified atom stereocenters. The van der Waals surface area contributed by atoms with Gasteiger partial charge in [-0.1, -0.05) is 40.0 Å². The summed E-state index contributed by atoms with van der Waals surface area (Å²) in [6, 6.07) is 0. The molecule has 0 heterocycles. The molecule has 2 nitrogen and oxygen atoms in total. The van der Waals surface area contributed by atoms with E-state index in [9.17, 15) is 4.79 Å². The number of unbranched alkanes of at least 4 members (excludes halogenated alkanes) is 1. The van der Waals surface area contributed by atoms with Crippen molar-refractivity contribution in [2.75, 3.05) is 13.7 Å². The van der Waals surface area contributed by atoms with Gasteiger partial charge in [0.25, 0.3) is 0 Å². The van der Waals surface area contributed by atoms with Gasteiger partial charge < -0.3 is 4.74 Å². The molecule has 0 radical (unpaired) electrons. The maximum atomic E-state index is 10.5. The second-order valence-corrected chi connectivity index (χ2v) is 4.72. The standard InChI is InChI=1S/C14H26O2/c1-5-7-10-14(9-6-2,12-16-4)13(3)8-11-15/h8,13H,5-7,9-10,12H2,1-4H3. The molecular weight excluding hydrogens is 200 g/mol. The third kappa shape index (κ3) is 4.51. The predicted molar refractivity (Wildman–Crippen MR) is 68.2 cm³/mol. The quantitative estimate of drug-likeness (QED) is 0.561. The molecule has 0 rings (SSSR count). The Bertz CT molecular complexity index is 211. The lowest BCUT2D eigenvalue weighted by Crippen LogP contribution is -2.33. The molecule has 0 amide bonds. The summed E-state index contributed by atoms with van der Waals surface area (Å²) in [4.78, 5) is 10.5. The van der Waals surface area contributed by atoms with E-state index in [1.807, 2.05) is 5.94 Å². The van der Waals surface area contributed by atoms with E-state index in [1.54, 1.807) is 13.2 Å². The minimum atomic E-state index is 0.122. The summed E-state index contributed by atoms with van der Waals surface area (Å²) < 4.78 is 5.37. The molecule has 0 aromatic carbocycles. The summed E-state index contributed by atoms with van der Waals surface area (Å²) in [7, 11) is 1.74. The molecule has 0 aromatic rings. The molecule has 2 atom stereocenters. The zero-order valence-electron chi connectivity index (χ0n) is 11.2. The van der Waals surface area contributed by atoms with E-state index < -0.39 is 0 Å². The van der Waals surface area contributed by atoms with Crippen LogP contribution >= 0.6 is 0 Å². The molecule has 0 N–H and O–H groups in total. The van der Waals surface area contributed by atoms with Crippen molar-refractivity contribution < 1.29 is 9.53 Å². The van der Waals surface area contributed by atoms with Crippen molar-refractivity contribution >= 4 is 5.94 Å². The molecule has 94 valence electrons. The lowest BCUT2D eigenvalue weighted by molar-refractivity contribution is 0.0351. The molecule has 0 aliphatic carbocycles. The zero-order chi connectivity index (χ0) is 12.4. The first-order valence-electron chi connectivity index (χ1n) is 6.36. The van der Waals surface area contributed by atoms with Crippen LogP contribution in [0.5, 0.6) is 0 Å². The van der Waals surface area contributed by atoms with E-state index in [4.69, 9.17) is 4.74 Å². The van der Waals surface area contributed by atoms with Gasteiger partial charge in [0.1, 0.15) is 5.94 Å². The SMILES string of the molecule is CCCCC(CCC)(COC)C(C)C=C=O. The Kier molecular flexibility index (Phi) is 8.23. The second kappa shape index (κ2) is 8.55. The van der Waals surface area contributed by atoms with E-state index >= 15 is 0 Å². The first-order chi connectivity index (χ1) is 7.66. The summed E-state index contributed by atoms with van der Waals surface area (Å²) in [5, 5.41) is 0. The molecule has 0 spiro atoms. The number of methoxy groups -OCH3 is 1. The minimum absolute atomic E-state index is 0.122. The van der Waals surface area contributed by atoms with Crippen LogP contribution < -0.4 is 0 Å². The van der Waals surface area contributed by atoms with Crippen molar-refractivity contribution in [1.29, 1.82) is 0 Å². The first kappa shape index (κ1) is 15.4. The van der Waals surface area contributed by atoms with Crippen LogP contribution in [0.2, 0.25) is 0 Å². The topological polar surface area (TPSA) is 26.3 Å².